The number of anilines is 1. The summed E-state index contributed by atoms with van der Waals surface area (Å²) in [5, 5.41) is 12.1. The average Bonchev–Trinajstić information content (AvgIpc) is 3.09. The molecule has 2 N–H and O–H groups in total. The van der Waals surface area contributed by atoms with Crippen molar-refractivity contribution in [2.24, 2.45) is 5.41 Å². The lowest BCUT2D eigenvalue weighted by Gasteiger charge is -2.14. The van der Waals surface area contributed by atoms with Crippen LogP contribution in [0.25, 0.3) is 0 Å². The Labute approximate surface area is 100 Å². The molecule has 2 rings (SSSR count). The van der Waals surface area contributed by atoms with Crippen molar-refractivity contribution >= 4 is 5.82 Å². The van der Waals surface area contributed by atoms with Gasteiger partial charge in [-0.1, -0.05) is 0 Å². The van der Waals surface area contributed by atoms with Gasteiger partial charge in [0.15, 0.2) is 5.82 Å². The van der Waals surface area contributed by atoms with Crippen molar-refractivity contribution in [3.63, 3.8) is 0 Å². The molecule has 1 aliphatic carbocycles. The lowest BCUT2D eigenvalue weighted by molar-refractivity contribution is 0.253. The van der Waals surface area contributed by atoms with Crippen molar-refractivity contribution in [1.29, 1.82) is 0 Å². The lowest BCUT2D eigenvalue weighted by atomic mass is 10.0. The molecular formula is C12H19N3O2. The highest BCUT2D eigenvalue weighted by atomic mass is 16.3. The van der Waals surface area contributed by atoms with E-state index in [0.29, 0.717) is 12.4 Å². The molecule has 1 fully saturated rings. The Balaban J connectivity index is 2.02. The van der Waals surface area contributed by atoms with Crippen molar-refractivity contribution in [2.45, 2.75) is 32.7 Å². The van der Waals surface area contributed by atoms with E-state index in [1.54, 1.807) is 17.0 Å². The second-order valence-corrected chi connectivity index (χ2v) is 4.69. The van der Waals surface area contributed by atoms with Gasteiger partial charge < -0.3 is 15.0 Å². The summed E-state index contributed by atoms with van der Waals surface area (Å²) in [6.07, 6.45) is 6.37. The summed E-state index contributed by atoms with van der Waals surface area (Å²) in [7, 11) is 0. The van der Waals surface area contributed by atoms with Gasteiger partial charge in [0.2, 0.25) is 0 Å². The fourth-order valence-corrected chi connectivity index (χ4v) is 2.02. The second kappa shape index (κ2) is 4.87. The molecule has 5 heteroatoms. The normalized spacial score (nSPS) is 16.8. The number of aromatic nitrogens is 2. The molecular weight excluding hydrogens is 218 g/mol. The maximum Gasteiger partial charge on any atom is 0.293 e. The Bertz CT molecular complexity index is 438. The summed E-state index contributed by atoms with van der Waals surface area (Å²) in [6, 6.07) is 0. The standard InChI is InChI=1S/C12H19N3O2/c1-2-15-7-6-13-10(11(15)17)14-9-12(3-4-12)5-8-16/h6-7,16H,2-5,8-9H2,1H3,(H,13,14). The monoisotopic (exact) mass is 237 g/mol. The topological polar surface area (TPSA) is 67.2 Å². The van der Waals surface area contributed by atoms with Crippen LogP contribution in [-0.2, 0) is 6.54 Å². The Morgan fingerprint density at radius 2 is 2.35 bits per heavy atom. The van der Waals surface area contributed by atoms with Crippen LogP contribution in [0.15, 0.2) is 17.2 Å². The molecule has 0 saturated heterocycles. The van der Waals surface area contributed by atoms with Crippen LogP contribution in [-0.4, -0.2) is 27.8 Å². The molecule has 0 aromatic carbocycles. The van der Waals surface area contributed by atoms with Gasteiger partial charge in [-0.15, -0.1) is 0 Å². The van der Waals surface area contributed by atoms with Crippen LogP contribution in [0, 0.1) is 5.41 Å². The largest absolute Gasteiger partial charge is 0.396 e. The fraction of sp³-hybridized carbons (Fsp3) is 0.667. The summed E-state index contributed by atoms with van der Waals surface area (Å²) in [4.78, 5) is 16.0. The van der Waals surface area contributed by atoms with E-state index in [4.69, 9.17) is 5.11 Å². The zero-order valence-electron chi connectivity index (χ0n) is 10.1. The number of hydrogen-bond donors (Lipinski definition) is 2. The molecule has 1 saturated carbocycles. The summed E-state index contributed by atoms with van der Waals surface area (Å²) < 4.78 is 1.63. The molecule has 0 unspecified atom stereocenters. The van der Waals surface area contributed by atoms with Crippen LogP contribution in [0.5, 0.6) is 0 Å². The highest BCUT2D eigenvalue weighted by Gasteiger charge is 2.41. The van der Waals surface area contributed by atoms with Crippen molar-refractivity contribution in [3.8, 4) is 0 Å². The average molecular weight is 237 g/mol. The third kappa shape index (κ3) is 2.66. The predicted octanol–water partition coefficient (Wildman–Crippen LogP) is 0.838. The van der Waals surface area contributed by atoms with Gasteiger partial charge >= 0.3 is 0 Å². The van der Waals surface area contributed by atoms with Gasteiger partial charge in [-0.05, 0) is 31.6 Å². The molecule has 1 heterocycles. The molecule has 1 aromatic heterocycles. The van der Waals surface area contributed by atoms with Crippen molar-refractivity contribution in [2.75, 3.05) is 18.5 Å². The minimum absolute atomic E-state index is 0.0743. The molecule has 0 aliphatic heterocycles. The molecule has 94 valence electrons. The molecule has 0 bridgehead atoms. The summed E-state index contributed by atoms with van der Waals surface area (Å²) >= 11 is 0. The highest BCUT2D eigenvalue weighted by molar-refractivity contribution is 5.31. The van der Waals surface area contributed by atoms with Crippen molar-refractivity contribution < 1.29 is 5.11 Å². The minimum Gasteiger partial charge on any atom is -0.396 e. The van der Waals surface area contributed by atoms with Crippen LogP contribution in [0.1, 0.15) is 26.2 Å². The lowest BCUT2D eigenvalue weighted by Crippen LogP contribution is -2.26. The van der Waals surface area contributed by atoms with Crippen LogP contribution in [0.3, 0.4) is 0 Å². The van der Waals surface area contributed by atoms with Gasteiger partial charge in [-0.3, -0.25) is 4.79 Å². The van der Waals surface area contributed by atoms with E-state index in [9.17, 15) is 4.79 Å². The first-order valence-corrected chi connectivity index (χ1v) is 6.11. The van der Waals surface area contributed by atoms with Crippen LogP contribution in [0.4, 0.5) is 5.82 Å². The van der Waals surface area contributed by atoms with E-state index in [2.05, 4.69) is 10.3 Å². The van der Waals surface area contributed by atoms with E-state index < -0.39 is 0 Å². The molecule has 1 aromatic rings. The molecule has 5 nitrogen and oxygen atoms in total. The smallest absolute Gasteiger partial charge is 0.293 e. The number of aryl methyl sites for hydroxylation is 1. The first kappa shape index (κ1) is 12.1. The molecule has 0 spiro atoms. The zero-order valence-corrected chi connectivity index (χ0v) is 10.1. The zero-order chi connectivity index (χ0) is 12.3. The van der Waals surface area contributed by atoms with Gasteiger partial charge in [-0.2, -0.15) is 0 Å². The molecule has 0 amide bonds. The number of nitrogens with zero attached hydrogens (tertiary/aromatic N) is 2. The van der Waals surface area contributed by atoms with Gasteiger partial charge in [0.25, 0.3) is 5.56 Å². The number of rotatable bonds is 6. The van der Waals surface area contributed by atoms with Crippen LogP contribution >= 0.6 is 0 Å². The fourth-order valence-electron chi connectivity index (χ4n) is 2.02. The molecule has 0 radical (unpaired) electrons. The van der Waals surface area contributed by atoms with E-state index in [0.717, 1.165) is 25.8 Å². The molecule has 0 atom stereocenters. The third-order valence-electron chi connectivity index (χ3n) is 3.48. The molecule has 1 aliphatic rings. The first-order chi connectivity index (χ1) is 8.21. The van der Waals surface area contributed by atoms with Gasteiger partial charge in [0.1, 0.15) is 0 Å². The Morgan fingerprint density at radius 3 is 2.94 bits per heavy atom. The number of nitrogens with one attached hydrogen (secondary N) is 1. The Kier molecular flexibility index (Phi) is 3.47. The van der Waals surface area contributed by atoms with E-state index in [-0.39, 0.29) is 17.6 Å². The van der Waals surface area contributed by atoms with Crippen LogP contribution in [0.2, 0.25) is 0 Å². The van der Waals surface area contributed by atoms with Gasteiger partial charge in [-0.25, -0.2) is 4.98 Å². The summed E-state index contributed by atoms with van der Waals surface area (Å²) in [6.45, 7) is 3.52. The van der Waals surface area contributed by atoms with E-state index in [1.165, 1.54) is 0 Å². The maximum absolute atomic E-state index is 11.9. The highest BCUT2D eigenvalue weighted by Crippen LogP contribution is 2.48. The predicted molar refractivity (Wildman–Crippen MR) is 66.0 cm³/mol. The SMILES string of the molecule is CCn1ccnc(NCC2(CCO)CC2)c1=O. The van der Waals surface area contributed by atoms with Crippen molar-refractivity contribution in [3.05, 3.63) is 22.7 Å². The summed E-state index contributed by atoms with van der Waals surface area (Å²) in [5.74, 6) is 0.415. The number of hydrogen-bond acceptors (Lipinski definition) is 4. The van der Waals surface area contributed by atoms with Gasteiger partial charge in [0.05, 0.1) is 0 Å². The third-order valence-corrected chi connectivity index (χ3v) is 3.48. The van der Waals surface area contributed by atoms with Gasteiger partial charge in [0, 0.05) is 32.1 Å². The first-order valence-electron chi connectivity index (χ1n) is 6.11. The summed E-state index contributed by atoms with van der Waals surface area (Å²) in [5.41, 5.74) is 0.116. The Hall–Kier alpha value is -1.36. The second-order valence-electron chi connectivity index (χ2n) is 4.69. The van der Waals surface area contributed by atoms with E-state index in [1.807, 2.05) is 6.92 Å². The van der Waals surface area contributed by atoms with Crippen LogP contribution < -0.4 is 10.9 Å². The quantitative estimate of drug-likeness (QED) is 0.769. The number of aliphatic hydroxyl groups excluding tert-OH is 1. The van der Waals surface area contributed by atoms with E-state index >= 15 is 0 Å². The van der Waals surface area contributed by atoms with Crippen molar-refractivity contribution in [1.82, 2.24) is 9.55 Å². The number of aliphatic hydroxyl groups is 1. The Morgan fingerprint density at radius 1 is 1.59 bits per heavy atom. The molecule has 17 heavy (non-hydrogen) atoms. The minimum atomic E-state index is -0.0743. The maximum atomic E-state index is 11.9.